The molecule has 1 aromatic heterocycles. The van der Waals surface area contributed by atoms with Crippen molar-refractivity contribution in [3.63, 3.8) is 0 Å². The summed E-state index contributed by atoms with van der Waals surface area (Å²) < 4.78 is 5.74. The van der Waals surface area contributed by atoms with Gasteiger partial charge < -0.3 is 15.0 Å². The van der Waals surface area contributed by atoms with Gasteiger partial charge in [-0.3, -0.25) is 4.98 Å². The second-order valence-corrected chi connectivity index (χ2v) is 4.74. The zero-order chi connectivity index (χ0) is 12.6. The third-order valence-corrected chi connectivity index (χ3v) is 3.34. The van der Waals surface area contributed by atoms with Gasteiger partial charge in [-0.1, -0.05) is 6.07 Å². The maximum absolute atomic E-state index is 5.74. The first-order chi connectivity index (χ1) is 8.90. The highest BCUT2D eigenvalue weighted by atomic mass is 16.5. The number of hydrogen-bond acceptors (Lipinski definition) is 4. The quantitative estimate of drug-likeness (QED) is 0.742. The number of aromatic nitrogens is 1. The van der Waals surface area contributed by atoms with Crippen LogP contribution in [0.1, 0.15) is 24.1 Å². The molecule has 1 aliphatic heterocycles. The first kappa shape index (κ1) is 13.5. The SMILES string of the molecule is CNCc1cccnc1COCCN1CCCC1. The summed E-state index contributed by atoms with van der Waals surface area (Å²) in [5, 5.41) is 3.16. The van der Waals surface area contributed by atoms with Gasteiger partial charge in [0.15, 0.2) is 0 Å². The van der Waals surface area contributed by atoms with Gasteiger partial charge in [0.1, 0.15) is 0 Å². The molecule has 0 unspecified atom stereocenters. The molecule has 1 saturated heterocycles. The van der Waals surface area contributed by atoms with Crippen molar-refractivity contribution < 1.29 is 4.74 Å². The van der Waals surface area contributed by atoms with Crippen molar-refractivity contribution in [1.82, 2.24) is 15.2 Å². The minimum absolute atomic E-state index is 0.617. The van der Waals surface area contributed by atoms with E-state index in [0.717, 1.165) is 25.4 Å². The number of rotatable bonds is 7. The smallest absolute Gasteiger partial charge is 0.0891 e. The third-order valence-electron chi connectivity index (χ3n) is 3.34. The van der Waals surface area contributed by atoms with Crippen LogP contribution in [0.4, 0.5) is 0 Å². The van der Waals surface area contributed by atoms with Gasteiger partial charge in [0.25, 0.3) is 0 Å². The lowest BCUT2D eigenvalue weighted by Crippen LogP contribution is -2.24. The van der Waals surface area contributed by atoms with Gasteiger partial charge in [0, 0.05) is 19.3 Å². The summed E-state index contributed by atoms with van der Waals surface area (Å²) in [5.41, 5.74) is 2.27. The van der Waals surface area contributed by atoms with Gasteiger partial charge >= 0.3 is 0 Å². The van der Waals surface area contributed by atoms with E-state index in [1.807, 2.05) is 19.3 Å². The topological polar surface area (TPSA) is 37.4 Å². The average molecular weight is 249 g/mol. The largest absolute Gasteiger partial charge is 0.374 e. The van der Waals surface area contributed by atoms with Crippen LogP contribution in [-0.2, 0) is 17.9 Å². The molecule has 0 saturated carbocycles. The van der Waals surface area contributed by atoms with Crippen molar-refractivity contribution in [2.24, 2.45) is 0 Å². The molecule has 18 heavy (non-hydrogen) atoms. The number of nitrogens with zero attached hydrogens (tertiary/aromatic N) is 2. The van der Waals surface area contributed by atoms with Gasteiger partial charge in [-0.15, -0.1) is 0 Å². The van der Waals surface area contributed by atoms with E-state index >= 15 is 0 Å². The van der Waals surface area contributed by atoms with E-state index in [1.54, 1.807) is 0 Å². The predicted molar refractivity (Wildman–Crippen MR) is 72.3 cm³/mol. The fourth-order valence-corrected chi connectivity index (χ4v) is 2.32. The van der Waals surface area contributed by atoms with Gasteiger partial charge in [-0.2, -0.15) is 0 Å². The minimum atomic E-state index is 0.617. The molecule has 1 N–H and O–H groups in total. The molecular formula is C14H23N3O. The molecule has 0 bridgehead atoms. The van der Waals surface area contributed by atoms with Crippen molar-refractivity contribution in [1.29, 1.82) is 0 Å². The van der Waals surface area contributed by atoms with E-state index in [-0.39, 0.29) is 0 Å². The normalized spacial score (nSPS) is 16.3. The van der Waals surface area contributed by atoms with Crippen molar-refractivity contribution in [2.45, 2.75) is 26.0 Å². The van der Waals surface area contributed by atoms with Gasteiger partial charge in [-0.25, -0.2) is 0 Å². The molecule has 0 amide bonds. The molecule has 0 aromatic carbocycles. The van der Waals surface area contributed by atoms with E-state index in [0.29, 0.717) is 6.61 Å². The number of likely N-dealkylation sites (tertiary alicyclic amines) is 1. The first-order valence-corrected chi connectivity index (χ1v) is 6.77. The van der Waals surface area contributed by atoms with Crippen LogP contribution < -0.4 is 5.32 Å². The van der Waals surface area contributed by atoms with Crippen LogP contribution in [0.2, 0.25) is 0 Å². The second-order valence-electron chi connectivity index (χ2n) is 4.74. The number of pyridine rings is 1. The Morgan fingerprint density at radius 2 is 2.22 bits per heavy atom. The summed E-state index contributed by atoms with van der Waals surface area (Å²) in [6, 6.07) is 4.07. The molecule has 1 aliphatic rings. The number of hydrogen-bond donors (Lipinski definition) is 1. The molecule has 0 atom stereocenters. The maximum Gasteiger partial charge on any atom is 0.0891 e. The molecule has 4 nitrogen and oxygen atoms in total. The van der Waals surface area contributed by atoms with Crippen LogP contribution in [0.15, 0.2) is 18.3 Å². The molecule has 1 fully saturated rings. The molecule has 0 radical (unpaired) electrons. The van der Waals surface area contributed by atoms with Crippen molar-refractivity contribution in [2.75, 3.05) is 33.3 Å². The summed E-state index contributed by atoms with van der Waals surface area (Å²) in [7, 11) is 1.95. The van der Waals surface area contributed by atoms with E-state index in [1.165, 1.54) is 31.5 Å². The molecule has 4 heteroatoms. The highest BCUT2D eigenvalue weighted by molar-refractivity contribution is 5.18. The van der Waals surface area contributed by atoms with E-state index in [2.05, 4.69) is 21.3 Å². The fourth-order valence-electron chi connectivity index (χ4n) is 2.32. The highest BCUT2D eigenvalue weighted by Crippen LogP contribution is 2.08. The fraction of sp³-hybridized carbons (Fsp3) is 0.643. The summed E-state index contributed by atoms with van der Waals surface area (Å²) in [4.78, 5) is 6.85. The minimum Gasteiger partial charge on any atom is -0.374 e. The predicted octanol–water partition coefficient (Wildman–Crippen LogP) is 1.41. The molecule has 2 rings (SSSR count). The number of ether oxygens (including phenoxy) is 1. The Balaban J connectivity index is 1.72. The van der Waals surface area contributed by atoms with Crippen molar-refractivity contribution >= 4 is 0 Å². The number of nitrogens with one attached hydrogen (secondary N) is 1. The Labute approximate surface area is 109 Å². The first-order valence-electron chi connectivity index (χ1n) is 6.77. The molecule has 100 valence electrons. The molecule has 2 heterocycles. The summed E-state index contributed by atoms with van der Waals surface area (Å²) >= 11 is 0. The Bertz CT molecular complexity index is 351. The molecule has 0 aliphatic carbocycles. The standard InChI is InChI=1S/C14H23N3O/c1-15-11-13-5-4-6-16-14(13)12-18-10-9-17-7-2-3-8-17/h4-6,15H,2-3,7-12H2,1H3. The molecular weight excluding hydrogens is 226 g/mol. The average Bonchev–Trinajstić information content (AvgIpc) is 2.90. The highest BCUT2D eigenvalue weighted by Gasteiger charge is 2.10. The third kappa shape index (κ3) is 4.05. The van der Waals surface area contributed by atoms with Gasteiger partial charge in [0.05, 0.1) is 18.9 Å². The lowest BCUT2D eigenvalue weighted by molar-refractivity contribution is 0.0966. The Morgan fingerprint density at radius 1 is 1.39 bits per heavy atom. The summed E-state index contributed by atoms with van der Waals surface area (Å²) in [6.45, 7) is 5.78. The van der Waals surface area contributed by atoms with Crippen LogP contribution in [0, 0.1) is 0 Å². The lowest BCUT2D eigenvalue weighted by atomic mass is 10.2. The zero-order valence-corrected chi connectivity index (χ0v) is 11.2. The van der Waals surface area contributed by atoms with Crippen LogP contribution in [-0.4, -0.2) is 43.2 Å². The van der Waals surface area contributed by atoms with E-state index in [4.69, 9.17) is 4.74 Å². The van der Waals surface area contributed by atoms with E-state index in [9.17, 15) is 0 Å². The lowest BCUT2D eigenvalue weighted by Gasteiger charge is -2.14. The maximum atomic E-state index is 5.74. The van der Waals surface area contributed by atoms with Gasteiger partial charge in [0.2, 0.25) is 0 Å². The Hall–Kier alpha value is -0.970. The molecule has 0 spiro atoms. The molecule has 1 aromatic rings. The van der Waals surface area contributed by atoms with Crippen molar-refractivity contribution in [3.8, 4) is 0 Å². The second kappa shape index (κ2) is 7.46. The van der Waals surface area contributed by atoms with Crippen LogP contribution in [0.5, 0.6) is 0 Å². The Kier molecular flexibility index (Phi) is 5.58. The van der Waals surface area contributed by atoms with Crippen LogP contribution in [0.25, 0.3) is 0 Å². The van der Waals surface area contributed by atoms with Crippen LogP contribution >= 0.6 is 0 Å². The Morgan fingerprint density at radius 3 is 3.00 bits per heavy atom. The van der Waals surface area contributed by atoms with Crippen LogP contribution in [0.3, 0.4) is 0 Å². The van der Waals surface area contributed by atoms with Gasteiger partial charge in [-0.05, 0) is 44.6 Å². The summed E-state index contributed by atoms with van der Waals surface area (Å²) in [6.07, 6.45) is 4.51. The zero-order valence-electron chi connectivity index (χ0n) is 11.2. The monoisotopic (exact) mass is 249 g/mol. The van der Waals surface area contributed by atoms with Crippen molar-refractivity contribution in [3.05, 3.63) is 29.6 Å². The van der Waals surface area contributed by atoms with E-state index < -0.39 is 0 Å². The summed E-state index contributed by atoms with van der Waals surface area (Å²) in [5.74, 6) is 0.